The summed E-state index contributed by atoms with van der Waals surface area (Å²) in [5, 5.41) is 9.06. The van der Waals surface area contributed by atoms with Gasteiger partial charge in [0.25, 0.3) is 0 Å². The van der Waals surface area contributed by atoms with Crippen LogP contribution in [0.2, 0.25) is 0 Å². The van der Waals surface area contributed by atoms with E-state index in [0.29, 0.717) is 5.69 Å². The molecule has 0 bridgehead atoms. The molecule has 0 radical (unpaired) electrons. The van der Waals surface area contributed by atoms with Crippen molar-refractivity contribution in [2.75, 3.05) is 11.9 Å². The van der Waals surface area contributed by atoms with Crippen molar-refractivity contribution in [3.05, 3.63) is 24.3 Å². The van der Waals surface area contributed by atoms with Gasteiger partial charge >= 0.3 is 0 Å². The van der Waals surface area contributed by atoms with Crippen LogP contribution in [-0.4, -0.2) is 23.8 Å². The summed E-state index contributed by atoms with van der Waals surface area (Å²) in [6.45, 7) is 1.38. The van der Waals surface area contributed by atoms with Crippen LogP contribution in [0.15, 0.2) is 24.3 Å². The number of phenols is 1. The Morgan fingerprint density at radius 3 is 2.27 bits per heavy atom. The van der Waals surface area contributed by atoms with Gasteiger partial charge in [-0.05, 0) is 31.2 Å². The molecule has 1 aromatic carbocycles. The van der Waals surface area contributed by atoms with E-state index in [9.17, 15) is 9.59 Å². The van der Waals surface area contributed by atoms with Gasteiger partial charge in [0.1, 0.15) is 11.5 Å². The van der Waals surface area contributed by atoms with Gasteiger partial charge in [0.15, 0.2) is 0 Å². The van der Waals surface area contributed by atoms with E-state index in [0.717, 1.165) is 0 Å². The minimum absolute atomic E-state index is 0.0998. The summed E-state index contributed by atoms with van der Waals surface area (Å²) < 4.78 is 0. The number of carbonyl (C=O) groups excluding carboxylic acids is 2. The lowest BCUT2D eigenvalue weighted by Gasteiger charge is -2.16. The van der Waals surface area contributed by atoms with Crippen molar-refractivity contribution in [1.29, 1.82) is 0 Å². The lowest BCUT2D eigenvalue weighted by atomic mass is 10.2. The fourth-order valence-corrected chi connectivity index (χ4v) is 1.15. The van der Waals surface area contributed by atoms with E-state index < -0.39 is 0 Å². The van der Waals surface area contributed by atoms with Crippen LogP contribution >= 0.6 is 0 Å². The van der Waals surface area contributed by atoms with Crippen molar-refractivity contribution >= 4 is 17.4 Å². The van der Waals surface area contributed by atoms with E-state index in [4.69, 9.17) is 5.11 Å². The van der Waals surface area contributed by atoms with E-state index >= 15 is 0 Å². The number of benzene rings is 1. The number of anilines is 1. The van der Waals surface area contributed by atoms with E-state index in [2.05, 4.69) is 0 Å². The van der Waals surface area contributed by atoms with E-state index in [1.54, 1.807) is 19.2 Å². The van der Waals surface area contributed by atoms with Crippen LogP contribution in [0, 0.1) is 0 Å². The Bertz CT molecular complexity index is 370. The minimum atomic E-state index is -0.256. The smallest absolute Gasteiger partial charge is 0.234 e. The van der Waals surface area contributed by atoms with Crippen molar-refractivity contribution in [3.63, 3.8) is 0 Å². The van der Waals surface area contributed by atoms with Gasteiger partial charge in [-0.2, -0.15) is 0 Å². The molecule has 4 heteroatoms. The summed E-state index contributed by atoms with van der Waals surface area (Å²) in [4.78, 5) is 23.6. The summed E-state index contributed by atoms with van der Waals surface area (Å²) in [5.74, 6) is -0.273. The molecule has 15 heavy (non-hydrogen) atoms. The Hall–Kier alpha value is -1.84. The highest BCUT2D eigenvalue weighted by Gasteiger charge is 2.12. The molecule has 1 N–H and O–H groups in total. The average Bonchev–Trinajstić information content (AvgIpc) is 2.17. The molecule has 80 valence electrons. The highest BCUT2D eigenvalue weighted by molar-refractivity contribution is 6.04. The summed E-state index contributed by atoms with van der Waals surface area (Å²) in [6, 6.07) is 6.22. The van der Waals surface area contributed by atoms with Gasteiger partial charge in [-0.15, -0.1) is 0 Å². The molecular weight excluding hydrogens is 194 g/mol. The van der Waals surface area contributed by atoms with Crippen LogP contribution in [-0.2, 0) is 9.59 Å². The number of hydrogen-bond donors (Lipinski definition) is 1. The van der Waals surface area contributed by atoms with Crippen LogP contribution in [0.4, 0.5) is 5.69 Å². The van der Waals surface area contributed by atoms with Gasteiger partial charge in [-0.1, -0.05) is 0 Å². The molecule has 4 nitrogen and oxygen atoms in total. The molecular formula is C11H13NO3. The lowest BCUT2D eigenvalue weighted by molar-refractivity contribution is -0.125. The summed E-state index contributed by atoms with van der Waals surface area (Å²) in [5.41, 5.74) is 0.652. The molecule has 0 heterocycles. The normalized spacial score (nSPS) is 9.73. The monoisotopic (exact) mass is 207 g/mol. The third-order valence-corrected chi connectivity index (χ3v) is 2.01. The zero-order valence-electron chi connectivity index (χ0n) is 8.73. The molecule has 0 saturated heterocycles. The Kier molecular flexibility index (Phi) is 3.44. The number of rotatable bonds is 3. The predicted molar refractivity (Wildman–Crippen MR) is 56.8 cm³/mol. The Balaban J connectivity index is 2.76. The fourth-order valence-electron chi connectivity index (χ4n) is 1.15. The van der Waals surface area contributed by atoms with Crippen molar-refractivity contribution in [1.82, 2.24) is 0 Å². The lowest BCUT2D eigenvalue weighted by Crippen LogP contribution is -2.27. The predicted octanol–water partition coefficient (Wildman–Crippen LogP) is 1.33. The van der Waals surface area contributed by atoms with Gasteiger partial charge in [0.05, 0.1) is 6.42 Å². The van der Waals surface area contributed by atoms with Gasteiger partial charge in [0.2, 0.25) is 5.91 Å². The number of phenolic OH excluding ortho intramolecular Hbond substituents is 1. The molecule has 1 aromatic rings. The number of hydrogen-bond acceptors (Lipinski definition) is 3. The van der Waals surface area contributed by atoms with Crippen molar-refractivity contribution < 1.29 is 14.7 Å². The topological polar surface area (TPSA) is 57.6 Å². The zero-order valence-corrected chi connectivity index (χ0v) is 8.73. The fraction of sp³-hybridized carbons (Fsp3) is 0.273. The molecule has 0 aliphatic carbocycles. The van der Waals surface area contributed by atoms with Crippen LogP contribution in [0.3, 0.4) is 0 Å². The summed E-state index contributed by atoms with van der Waals surface area (Å²) in [7, 11) is 1.59. The average molecular weight is 207 g/mol. The van der Waals surface area contributed by atoms with Gasteiger partial charge in [-0.3, -0.25) is 9.59 Å². The Morgan fingerprint density at radius 1 is 1.27 bits per heavy atom. The molecule has 1 amide bonds. The minimum Gasteiger partial charge on any atom is -0.508 e. The highest BCUT2D eigenvalue weighted by atomic mass is 16.3. The molecule has 0 spiro atoms. The van der Waals surface area contributed by atoms with Crippen LogP contribution < -0.4 is 4.90 Å². The zero-order chi connectivity index (χ0) is 11.4. The van der Waals surface area contributed by atoms with Crippen molar-refractivity contribution in [3.8, 4) is 5.75 Å². The maximum atomic E-state index is 11.5. The molecule has 0 aliphatic rings. The number of Topliss-reactive ketones (excluding diaryl/α,β-unsaturated/α-hetero) is 1. The molecule has 0 unspecified atom stereocenters. The van der Waals surface area contributed by atoms with E-state index in [1.807, 2.05) is 0 Å². The maximum Gasteiger partial charge on any atom is 0.234 e. The van der Waals surface area contributed by atoms with Gasteiger partial charge < -0.3 is 10.0 Å². The molecule has 0 aliphatic heterocycles. The molecule has 0 atom stereocenters. The Labute approximate surface area is 88.1 Å². The third kappa shape index (κ3) is 3.09. The van der Waals surface area contributed by atoms with Crippen LogP contribution in [0.5, 0.6) is 5.75 Å². The summed E-state index contributed by atoms with van der Waals surface area (Å²) in [6.07, 6.45) is -0.0998. The van der Waals surface area contributed by atoms with E-state index in [-0.39, 0.29) is 23.9 Å². The maximum absolute atomic E-state index is 11.5. The molecule has 1 rings (SSSR count). The van der Waals surface area contributed by atoms with Crippen LogP contribution in [0.1, 0.15) is 13.3 Å². The summed E-state index contributed by atoms with van der Waals surface area (Å²) >= 11 is 0. The number of aromatic hydroxyl groups is 1. The SMILES string of the molecule is CC(=O)CC(=O)N(C)c1ccc(O)cc1. The molecule has 0 fully saturated rings. The van der Waals surface area contributed by atoms with Gasteiger partial charge in [0, 0.05) is 12.7 Å². The number of amides is 1. The van der Waals surface area contributed by atoms with Crippen molar-refractivity contribution in [2.45, 2.75) is 13.3 Å². The first kappa shape index (κ1) is 11.2. The first-order valence-electron chi connectivity index (χ1n) is 4.55. The second-order valence-electron chi connectivity index (χ2n) is 3.35. The third-order valence-electron chi connectivity index (χ3n) is 2.01. The van der Waals surface area contributed by atoms with E-state index in [1.165, 1.54) is 24.0 Å². The van der Waals surface area contributed by atoms with Gasteiger partial charge in [-0.25, -0.2) is 0 Å². The first-order chi connectivity index (χ1) is 7.00. The number of ketones is 1. The second kappa shape index (κ2) is 4.59. The standard InChI is InChI=1S/C11H13NO3/c1-8(13)7-11(15)12(2)9-3-5-10(14)6-4-9/h3-6,14H,7H2,1-2H3. The number of nitrogens with zero attached hydrogens (tertiary/aromatic N) is 1. The largest absolute Gasteiger partial charge is 0.508 e. The Morgan fingerprint density at radius 2 is 1.80 bits per heavy atom. The quantitative estimate of drug-likeness (QED) is 0.761. The van der Waals surface area contributed by atoms with Crippen LogP contribution in [0.25, 0.3) is 0 Å². The molecule has 0 saturated carbocycles. The van der Waals surface area contributed by atoms with Crippen molar-refractivity contribution in [2.24, 2.45) is 0 Å². The highest BCUT2D eigenvalue weighted by Crippen LogP contribution is 2.17. The second-order valence-corrected chi connectivity index (χ2v) is 3.35. The first-order valence-corrected chi connectivity index (χ1v) is 4.55. The number of carbonyl (C=O) groups is 2. The molecule has 0 aromatic heterocycles.